The number of aliphatic imine (C=N–C) groups is 1. The summed E-state index contributed by atoms with van der Waals surface area (Å²) >= 11 is 0. The lowest BCUT2D eigenvalue weighted by Gasteiger charge is -2.32. The van der Waals surface area contributed by atoms with Crippen molar-refractivity contribution in [2.24, 2.45) is 28.1 Å². The van der Waals surface area contributed by atoms with Gasteiger partial charge in [0, 0.05) is 31.4 Å². The lowest BCUT2D eigenvalue weighted by molar-refractivity contribution is -0.147. The first-order chi connectivity index (χ1) is 23.2. The second-order valence-electron chi connectivity index (χ2n) is 11.7. The van der Waals surface area contributed by atoms with Gasteiger partial charge in [-0.25, -0.2) is 9.78 Å². The number of guanidine groups is 1. The molecule has 1 fully saturated rings. The maximum Gasteiger partial charge on any atom is 0.326 e. The van der Waals surface area contributed by atoms with Gasteiger partial charge in [-0.2, -0.15) is 0 Å². The zero-order valence-corrected chi connectivity index (χ0v) is 27.5. The molecule has 6 unspecified atom stereocenters. The molecule has 20 heteroatoms. The smallest absolute Gasteiger partial charge is 0.326 e. The predicted octanol–water partition coefficient (Wildman–Crippen LogP) is -3.50. The van der Waals surface area contributed by atoms with Crippen LogP contribution in [-0.2, 0) is 40.0 Å². The zero-order chi connectivity index (χ0) is 36.7. The number of aromatic amines is 1. The molecule has 0 aromatic carbocycles. The van der Waals surface area contributed by atoms with E-state index in [0.29, 0.717) is 18.5 Å². The molecule has 1 aromatic heterocycles. The molecule has 2 heterocycles. The summed E-state index contributed by atoms with van der Waals surface area (Å²) in [7, 11) is 0. The highest BCUT2D eigenvalue weighted by Gasteiger charge is 2.40. The van der Waals surface area contributed by atoms with Gasteiger partial charge >= 0.3 is 11.9 Å². The summed E-state index contributed by atoms with van der Waals surface area (Å²) in [6, 6.07) is -6.38. The van der Waals surface area contributed by atoms with Crippen molar-refractivity contribution in [3.8, 4) is 0 Å². The van der Waals surface area contributed by atoms with Crippen molar-refractivity contribution < 1.29 is 43.8 Å². The third kappa shape index (κ3) is 12.7. The molecule has 0 spiro atoms. The Hall–Kier alpha value is -5.27. The Bertz CT molecular complexity index is 1350. The van der Waals surface area contributed by atoms with Gasteiger partial charge in [0.2, 0.25) is 29.5 Å². The van der Waals surface area contributed by atoms with Crippen molar-refractivity contribution in [3.05, 3.63) is 18.2 Å². The predicted molar refractivity (Wildman–Crippen MR) is 173 cm³/mol. The number of carbonyl (C=O) groups is 7. The normalized spacial score (nSPS) is 17.0. The molecule has 272 valence electrons. The molecule has 1 aliphatic rings. The van der Waals surface area contributed by atoms with Gasteiger partial charge in [0.15, 0.2) is 5.96 Å². The Kier molecular flexibility index (Phi) is 15.9. The molecule has 0 bridgehead atoms. The fourth-order valence-electron chi connectivity index (χ4n) is 5.18. The van der Waals surface area contributed by atoms with Crippen LogP contribution in [0.15, 0.2) is 17.5 Å². The molecule has 13 N–H and O–H groups in total. The molecular formula is C29H47N11O9. The summed E-state index contributed by atoms with van der Waals surface area (Å²) in [6.07, 6.45) is 3.15. The van der Waals surface area contributed by atoms with Gasteiger partial charge in [0.25, 0.3) is 0 Å². The van der Waals surface area contributed by atoms with Crippen LogP contribution in [0, 0.1) is 5.92 Å². The Morgan fingerprint density at radius 1 is 1.04 bits per heavy atom. The molecular weight excluding hydrogens is 646 g/mol. The summed E-state index contributed by atoms with van der Waals surface area (Å²) in [6.45, 7) is 3.62. The van der Waals surface area contributed by atoms with Crippen molar-refractivity contribution in [3.63, 3.8) is 0 Å². The van der Waals surface area contributed by atoms with Gasteiger partial charge in [-0.1, -0.05) is 20.3 Å². The first-order valence-corrected chi connectivity index (χ1v) is 15.9. The number of carbonyl (C=O) groups excluding carboxylic acids is 5. The number of nitrogens with one attached hydrogen (secondary N) is 5. The number of likely N-dealkylation sites (tertiary alicyclic amines) is 1. The maximum absolute atomic E-state index is 13.7. The van der Waals surface area contributed by atoms with Crippen LogP contribution >= 0.6 is 0 Å². The Morgan fingerprint density at radius 3 is 2.29 bits per heavy atom. The Morgan fingerprint density at radius 2 is 1.71 bits per heavy atom. The largest absolute Gasteiger partial charge is 0.481 e. The van der Waals surface area contributed by atoms with Crippen molar-refractivity contribution in [2.75, 3.05) is 19.6 Å². The SMILES string of the molecule is CCC(C)C(NC(=O)CN)C(=O)N1CCCC1C(=O)NC(Cc1cnc[nH]1)C(=O)NC(CCCN=C(N)N)C(=O)NC(CC(=O)O)C(=O)O. The standard InChI is InChI=1S/C29H47N11O9/c1-3-15(2)23(39-21(41)12-30)27(47)40-9-5-7-20(40)26(46)37-18(10-16-13-33-14-35-16)25(45)36-17(6-4-8-34-29(31)32)24(44)38-19(28(48)49)11-22(42)43/h13-15,17-20,23H,3-12,30H2,1-2H3,(H,33,35)(H,36,45)(H,37,46)(H,38,44)(H,39,41)(H,42,43)(H,48,49)(H4,31,32,34). The van der Waals surface area contributed by atoms with Gasteiger partial charge in [-0.3, -0.25) is 33.8 Å². The van der Waals surface area contributed by atoms with E-state index in [2.05, 4.69) is 36.2 Å². The fourth-order valence-corrected chi connectivity index (χ4v) is 5.18. The van der Waals surface area contributed by atoms with Gasteiger partial charge in [-0.05, 0) is 31.6 Å². The monoisotopic (exact) mass is 693 g/mol. The third-order valence-electron chi connectivity index (χ3n) is 8.00. The lowest BCUT2D eigenvalue weighted by Crippen LogP contribution is -2.59. The highest BCUT2D eigenvalue weighted by molar-refractivity contribution is 5.96. The van der Waals surface area contributed by atoms with Crippen molar-refractivity contribution in [2.45, 2.75) is 89.0 Å². The van der Waals surface area contributed by atoms with E-state index in [4.69, 9.17) is 22.3 Å². The molecule has 49 heavy (non-hydrogen) atoms. The number of imidazole rings is 1. The fraction of sp³-hybridized carbons (Fsp3) is 0.621. The molecule has 20 nitrogen and oxygen atoms in total. The molecule has 1 saturated heterocycles. The van der Waals surface area contributed by atoms with Crippen LogP contribution in [0.3, 0.4) is 0 Å². The van der Waals surface area contributed by atoms with Gasteiger partial charge in [0.1, 0.15) is 30.2 Å². The summed E-state index contributed by atoms with van der Waals surface area (Å²) in [5, 5.41) is 28.5. The Labute approximate surface area is 282 Å². The van der Waals surface area contributed by atoms with Crippen LogP contribution in [0.4, 0.5) is 0 Å². The van der Waals surface area contributed by atoms with E-state index in [0.717, 1.165) is 0 Å². The quantitative estimate of drug-likeness (QED) is 0.0360. The highest BCUT2D eigenvalue weighted by Crippen LogP contribution is 2.22. The zero-order valence-electron chi connectivity index (χ0n) is 27.5. The molecule has 5 amide bonds. The number of hydrogen-bond acceptors (Lipinski definition) is 10. The van der Waals surface area contributed by atoms with E-state index in [9.17, 15) is 38.7 Å². The number of aromatic nitrogens is 2. The topological polar surface area (TPSA) is 330 Å². The molecule has 0 radical (unpaired) electrons. The molecule has 6 atom stereocenters. The van der Waals surface area contributed by atoms with Gasteiger partial charge in [-0.15, -0.1) is 0 Å². The van der Waals surface area contributed by atoms with Crippen LogP contribution < -0.4 is 38.5 Å². The van der Waals surface area contributed by atoms with Crippen molar-refractivity contribution in [1.29, 1.82) is 0 Å². The molecule has 2 rings (SSSR count). The number of H-pyrrole nitrogens is 1. The number of nitrogens with zero attached hydrogens (tertiary/aromatic N) is 3. The van der Waals surface area contributed by atoms with E-state index in [1.54, 1.807) is 6.92 Å². The number of amides is 5. The minimum absolute atomic E-state index is 0.0582. The molecule has 1 aromatic rings. The second-order valence-corrected chi connectivity index (χ2v) is 11.7. The summed E-state index contributed by atoms with van der Waals surface area (Å²) in [4.78, 5) is 101. The van der Waals surface area contributed by atoms with Crippen LogP contribution in [-0.4, -0.2) is 122 Å². The van der Waals surface area contributed by atoms with Crippen LogP contribution in [0.1, 0.15) is 58.1 Å². The third-order valence-corrected chi connectivity index (χ3v) is 8.00. The van der Waals surface area contributed by atoms with E-state index >= 15 is 0 Å². The van der Waals surface area contributed by atoms with Gasteiger partial charge in [0.05, 0.1) is 19.3 Å². The summed E-state index contributed by atoms with van der Waals surface area (Å²) in [5.41, 5.74) is 16.6. The van der Waals surface area contributed by atoms with E-state index in [1.165, 1.54) is 17.4 Å². The van der Waals surface area contributed by atoms with E-state index in [1.807, 2.05) is 6.92 Å². The minimum atomic E-state index is -1.79. The number of nitrogens with two attached hydrogens (primary N) is 3. The number of carboxylic acid groups (broad SMARTS) is 2. The second kappa shape index (κ2) is 19.5. The number of aliphatic carboxylic acids is 2. The lowest BCUT2D eigenvalue weighted by atomic mass is 9.97. The average Bonchev–Trinajstić information content (AvgIpc) is 3.76. The number of rotatable bonds is 20. The molecule has 1 aliphatic heterocycles. The van der Waals surface area contributed by atoms with Crippen LogP contribution in [0.5, 0.6) is 0 Å². The van der Waals surface area contributed by atoms with Crippen LogP contribution in [0.2, 0.25) is 0 Å². The first kappa shape index (κ1) is 39.9. The molecule has 0 aliphatic carbocycles. The maximum atomic E-state index is 13.7. The molecule has 0 saturated carbocycles. The average molecular weight is 694 g/mol. The summed E-state index contributed by atoms with van der Waals surface area (Å²) < 4.78 is 0. The van der Waals surface area contributed by atoms with Crippen molar-refractivity contribution >= 4 is 47.4 Å². The first-order valence-electron chi connectivity index (χ1n) is 15.9. The van der Waals surface area contributed by atoms with E-state index in [-0.39, 0.29) is 57.2 Å². The van der Waals surface area contributed by atoms with Gasteiger partial charge < -0.3 is 58.6 Å². The Balaban J connectivity index is 2.32. The highest BCUT2D eigenvalue weighted by atomic mass is 16.4. The number of hydrogen-bond donors (Lipinski definition) is 10. The summed E-state index contributed by atoms with van der Waals surface area (Å²) in [5.74, 6) is -7.01. The minimum Gasteiger partial charge on any atom is -0.481 e. The number of carboxylic acids is 2. The van der Waals surface area contributed by atoms with E-state index < -0.39 is 78.1 Å². The van der Waals surface area contributed by atoms with Crippen LogP contribution in [0.25, 0.3) is 0 Å². The van der Waals surface area contributed by atoms with Crippen molar-refractivity contribution in [1.82, 2.24) is 36.1 Å².